The van der Waals surface area contributed by atoms with E-state index in [-0.39, 0.29) is 24.0 Å². The molecule has 0 bridgehead atoms. The zero-order valence-electron chi connectivity index (χ0n) is 16.5. The van der Waals surface area contributed by atoms with Crippen molar-refractivity contribution in [3.63, 3.8) is 0 Å². The van der Waals surface area contributed by atoms with Crippen LogP contribution in [0.4, 0.5) is 0 Å². The average molecular weight is 402 g/mol. The molecule has 0 aromatic heterocycles. The molecule has 5 nitrogen and oxygen atoms in total. The quantitative estimate of drug-likeness (QED) is 0.766. The van der Waals surface area contributed by atoms with Crippen LogP contribution in [0.1, 0.15) is 26.2 Å². The van der Waals surface area contributed by atoms with Crippen molar-refractivity contribution in [3.05, 3.63) is 65.0 Å². The second kappa shape index (κ2) is 7.50. The Morgan fingerprint density at radius 2 is 1.86 bits per heavy atom. The van der Waals surface area contributed by atoms with Crippen molar-refractivity contribution in [2.24, 2.45) is 11.8 Å². The molecule has 0 spiro atoms. The third-order valence-electron chi connectivity index (χ3n) is 6.12. The minimum atomic E-state index is -3.56. The lowest BCUT2D eigenvalue weighted by molar-refractivity contribution is 0.0736. The van der Waals surface area contributed by atoms with E-state index in [4.69, 9.17) is 9.47 Å². The number of nitrogens with one attached hydrogen (secondary N) is 1. The van der Waals surface area contributed by atoms with Crippen molar-refractivity contribution < 1.29 is 17.9 Å². The van der Waals surface area contributed by atoms with Crippen molar-refractivity contribution in [2.45, 2.75) is 43.2 Å². The topological polar surface area (TPSA) is 64.6 Å². The van der Waals surface area contributed by atoms with Gasteiger partial charge in [-0.2, -0.15) is 0 Å². The number of hydrogen-bond donors (Lipinski definition) is 1. The number of ether oxygens (including phenoxy) is 2. The van der Waals surface area contributed by atoms with Gasteiger partial charge in [0.15, 0.2) is 0 Å². The Hall–Kier alpha value is -1.89. The second-order valence-corrected chi connectivity index (χ2v) is 9.54. The van der Waals surface area contributed by atoms with Gasteiger partial charge < -0.3 is 9.47 Å². The molecule has 1 unspecified atom stereocenters. The van der Waals surface area contributed by atoms with Crippen LogP contribution in [-0.2, 0) is 19.5 Å². The smallest absolute Gasteiger partial charge is 0.240 e. The van der Waals surface area contributed by atoms with Crippen LogP contribution in [0.2, 0.25) is 0 Å². The van der Waals surface area contributed by atoms with Crippen LogP contribution in [0.5, 0.6) is 0 Å². The maximum absolute atomic E-state index is 12.9. The van der Waals surface area contributed by atoms with Gasteiger partial charge in [0, 0.05) is 24.6 Å². The molecule has 1 saturated carbocycles. The number of fused-ring (bicyclic) bond motifs is 3. The molecular weight excluding hydrogens is 374 g/mol. The fourth-order valence-electron chi connectivity index (χ4n) is 4.89. The Bertz CT molecular complexity index is 946. The molecule has 4 atom stereocenters. The van der Waals surface area contributed by atoms with Gasteiger partial charge in [0.05, 0.1) is 12.0 Å². The van der Waals surface area contributed by atoms with Crippen LogP contribution in [0.15, 0.2) is 69.9 Å². The Morgan fingerprint density at radius 1 is 1.11 bits per heavy atom. The minimum Gasteiger partial charge on any atom is -0.498 e. The number of allylic oxidation sites excluding steroid dienone is 3. The van der Waals surface area contributed by atoms with Crippen LogP contribution >= 0.6 is 0 Å². The number of hydrogen-bond acceptors (Lipinski definition) is 4. The minimum absolute atomic E-state index is 0.0729. The molecule has 0 amide bonds. The summed E-state index contributed by atoms with van der Waals surface area (Å²) in [5, 5.41) is 0. The molecule has 1 N–H and O–H groups in total. The monoisotopic (exact) mass is 401 g/mol. The van der Waals surface area contributed by atoms with E-state index in [1.54, 1.807) is 38.5 Å². The lowest BCUT2D eigenvalue weighted by Gasteiger charge is -2.41. The molecule has 0 aliphatic heterocycles. The van der Waals surface area contributed by atoms with Crippen LogP contribution < -0.4 is 4.72 Å². The van der Waals surface area contributed by atoms with Crippen LogP contribution in [0, 0.1) is 11.8 Å². The molecular formula is C22H27NO4S. The number of methoxy groups -OCH3 is 2. The first-order chi connectivity index (χ1) is 13.4. The summed E-state index contributed by atoms with van der Waals surface area (Å²) in [6.07, 6.45) is 6.69. The maximum atomic E-state index is 12.9. The van der Waals surface area contributed by atoms with E-state index in [9.17, 15) is 8.42 Å². The van der Waals surface area contributed by atoms with Gasteiger partial charge >= 0.3 is 0 Å². The summed E-state index contributed by atoms with van der Waals surface area (Å²) in [4.78, 5) is 0.310. The van der Waals surface area contributed by atoms with E-state index in [1.165, 1.54) is 16.7 Å². The van der Waals surface area contributed by atoms with Crippen LogP contribution in [0.25, 0.3) is 0 Å². The number of benzene rings is 1. The summed E-state index contributed by atoms with van der Waals surface area (Å²) >= 11 is 0. The Morgan fingerprint density at radius 3 is 2.54 bits per heavy atom. The second-order valence-electron chi connectivity index (χ2n) is 7.82. The fourth-order valence-corrected chi connectivity index (χ4v) is 6.19. The standard InChI is InChI=1S/C22H27NO4S/c1-14-11-17-18(12-14)21-15(9-10-20(26-2)22(21)27-3)13-19(17)23-28(24,25)16-7-5-4-6-8-16/h4-9,12,17-20,23H,10-11,13H2,1-3H3/t17-,18+,19-,20?/m1/s1. The third-order valence-corrected chi connectivity index (χ3v) is 7.63. The van der Waals surface area contributed by atoms with Crippen molar-refractivity contribution in [2.75, 3.05) is 14.2 Å². The van der Waals surface area contributed by atoms with Crippen molar-refractivity contribution >= 4 is 10.0 Å². The molecule has 150 valence electrons. The largest absolute Gasteiger partial charge is 0.498 e. The Kier molecular flexibility index (Phi) is 5.21. The molecule has 1 aromatic carbocycles. The van der Waals surface area contributed by atoms with Crippen molar-refractivity contribution in [1.29, 1.82) is 0 Å². The summed E-state index contributed by atoms with van der Waals surface area (Å²) in [6.45, 7) is 2.12. The van der Waals surface area contributed by atoms with E-state index < -0.39 is 10.0 Å². The molecule has 3 aliphatic carbocycles. The third kappa shape index (κ3) is 3.34. The number of rotatable bonds is 5. The summed E-state index contributed by atoms with van der Waals surface area (Å²) in [6, 6.07) is 8.45. The van der Waals surface area contributed by atoms with E-state index in [0.717, 1.165) is 18.6 Å². The summed E-state index contributed by atoms with van der Waals surface area (Å²) < 4.78 is 40.3. The van der Waals surface area contributed by atoms with Crippen molar-refractivity contribution in [1.82, 2.24) is 4.72 Å². The lowest BCUT2D eigenvalue weighted by Crippen LogP contribution is -2.46. The van der Waals surface area contributed by atoms with Gasteiger partial charge in [0.1, 0.15) is 11.9 Å². The van der Waals surface area contributed by atoms with Gasteiger partial charge in [-0.15, -0.1) is 0 Å². The van der Waals surface area contributed by atoms with E-state index >= 15 is 0 Å². The predicted octanol–water partition coefficient (Wildman–Crippen LogP) is 3.57. The molecule has 4 rings (SSSR count). The van der Waals surface area contributed by atoms with Gasteiger partial charge in [-0.05, 0) is 49.8 Å². The highest BCUT2D eigenvalue weighted by molar-refractivity contribution is 7.89. The molecule has 0 heterocycles. The summed E-state index contributed by atoms with van der Waals surface area (Å²) in [7, 11) is -0.160. The molecule has 1 aromatic rings. The van der Waals surface area contributed by atoms with Crippen LogP contribution in [-0.4, -0.2) is 34.8 Å². The summed E-state index contributed by atoms with van der Waals surface area (Å²) in [5.41, 5.74) is 3.67. The molecule has 3 aliphatic rings. The lowest BCUT2D eigenvalue weighted by atomic mass is 9.69. The van der Waals surface area contributed by atoms with Gasteiger partial charge in [-0.25, -0.2) is 13.1 Å². The summed E-state index contributed by atoms with van der Waals surface area (Å²) in [5.74, 6) is 1.23. The first-order valence-corrected chi connectivity index (χ1v) is 11.2. The molecule has 1 fully saturated rings. The SMILES string of the molecule is COC1=C2C(=CCC1OC)C[C@@H](NS(=O)(=O)c1ccccc1)[C@@H]1CC(C)=C[C@H]21. The predicted molar refractivity (Wildman–Crippen MR) is 108 cm³/mol. The molecule has 0 radical (unpaired) electrons. The molecule has 0 saturated heterocycles. The first-order valence-electron chi connectivity index (χ1n) is 9.69. The normalized spacial score (nSPS) is 29.7. The van der Waals surface area contributed by atoms with E-state index in [2.05, 4.69) is 23.8 Å². The first kappa shape index (κ1) is 19.4. The van der Waals surface area contributed by atoms with Gasteiger partial charge in [0.2, 0.25) is 10.0 Å². The van der Waals surface area contributed by atoms with E-state index in [1.807, 2.05) is 6.07 Å². The van der Waals surface area contributed by atoms with Crippen molar-refractivity contribution in [3.8, 4) is 0 Å². The maximum Gasteiger partial charge on any atom is 0.240 e. The highest BCUT2D eigenvalue weighted by Gasteiger charge is 2.45. The average Bonchev–Trinajstić information content (AvgIpc) is 3.09. The van der Waals surface area contributed by atoms with Gasteiger partial charge in [-0.3, -0.25) is 0 Å². The molecule has 28 heavy (non-hydrogen) atoms. The van der Waals surface area contributed by atoms with Gasteiger partial charge in [0.25, 0.3) is 0 Å². The highest BCUT2D eigenvalue weighted by Crippen LogP contribution is 2.50. The van der Waals surface area contributed by atoms with Crippen LogP contribution in [0.3, 0.4) is 0 Å². The number of sulfonamides is 1. The fraction of sp³-hybridized carbons (Fsp3) is 0.455. The Labute approximate surface area is 167 Å². The Balaban J connectivity index is 1.69. The van der Waals surface area contributed by atoms with Gasteiger partial charge in [-0.1, -0.05) is 35.9 Å². The zero-order valence-corrected chi connectivity index (χ0v) is 17.3. The van der Waals surface area contributed by atoms with E-state index in [0.29, 0.717) is 11.3 Å². The highest BCUT2D eigenvalue weighted by atomic mass is 32.2. The zero-order chi connectivity index (χ0) is 19.9. The molecule has 6 heteroatoms.